The largest absolute Gasteiger partial charge is 0.489 e. The second kappa shape index (κ2) is 18.2. The van der Waals surface area contributed by atoms with Crippen molar-refractivity contribution in [1.29, 1.82) is 0 Å². The lowest BCUT2D eigenvalue weighted by molar-refractivity contribution is -0.152. The predicted molar refractivity (Wildman–Crippen MR) is 214 cm³/mol. The number of carbonyl (C=O) groups excluding carboxylic acids is 2. The zero-order valence-electron chi connectivity index (χ0n) is 33.9. The number of aryl methyl sites for hydroxylation is 1. The highest BCUT2D eigenvalue weighted by Gasteiger charge is 2.54. The Morgan fingerprint density at radius 1 is 0.911 bits per heavy atom. The number of fused-ring (bicyclic) bond motifs is 2. The molecule has 2 amide bonds. The number of carboxylic acids is 1. The summed E-state index contributed by atoms with van der Waals surface area (Å²) in [6, 6.07) is 10.3. The summed E-state index contributed by atoms with van der Waals surface area (Å²) in [7, 11) is 0. The van der Waals surface area contributed by atoms with E-state index < -0.39 is 28.8 Å². The molecule has 2 atom stereocenters. The quantitative estimate of drug-likeness (QED) is 0.121. The molecule has 0 spiro atoms. The van der Waals surface area contributed by atoms with Crippen LogP contribution in [0.25, 0.3) is 11.1 Å². The highest BCUT2D eigenvalue weighted by Crippen LogP contribution is 2.44. The van der Waals surface area contributed by atoms with E-state index in [-0.39, 0.29) is 36.3 Å². The number of amides is 2. The van der Waals surface area contributed by atoms with Gasteiger partial charge in [0.2, 0.25) is 0 Å². The minimum atomic E-state index is -1.70. The molecule has 1 saturated heterocycles. The lowest BCUT2D eigenvalue weighted by Gasteiger charge is -2.38. The standard InChI is InChI=1S/C45H61FN4O6/c1-5-6-7-8-9-10-11-12-13-14-15-16-24-45(42(52)53,40-39-18-17-25-49(39)31-47-40)50-30-37-36(41(50)51)27-33(28-38(37)46)32-19-21-34(22-20-32)55-35-23-26-48(29-35)43(54)56-44(2,3)4/h19-22,27-28,31,35H,5-18,23-26,29-30H2,1-4H3,(H,52,53)/t35-,45?/m0/s1. The van der Waals surface area contributed by atoms with Gasteiger partial charge in [-0.25, -0.2) is 19.0 Å². The number of likely N-dealkylation sites (tertiary alicyclic amines) is 1. The number of aromatic nitrogens is 2. The summed E-state index contributed by atoms with van der Waals surface area (Å²) in [5.41, 5.74) is 0.606. The van der Waals surface area contributed by atoms with E-state index in [0.717, 1.165) is 37.9 Å². The van der Waals surface area contributed by atoms with Crippen molar-refractivity contribution in [1.82, 2.24) is 19.4 Å². The van der Waals surface area contributed by atoms with Crippen LogP contribution >= 0.6 is 0 Å². The number of carbonyl (C=O) groups is 3. The van der Waals surface area contributed by atoms with Gasteiger partial charge in [0.25, 0.3) is 5.91 Å². The molecular formula is C45H61FN4O6. The Hall–Kier alpha value is -4.41. The van der Waals surface area contributed by atoms with Gasteiger partial charge in [-0.15, -0.1) is 0 Å². The fourth-order valence-corrected chi connectivity index (χ4v) is 8.62. The lowest BCUT2D eigenvalue weighted by Crippen LogP contribution is -2.53. The second-order valence-corrected chi connectivity index (χ2v) is 17.0. The third-order valence-corrected chi connectivity index (χ3v) is 11.6. The van der Waals surface area contributed by atoms with Gasteiger partial charge in [-0.3, -0.25) is 4.79 Å². The smallest absolute Gasteiger partial charge is 0.410 e. The topological polar surface area (TPSA) is 114 Å². The van der Waals surface area contributed by atoms with Crippen molar-refractivity contribution in [2.24, 2.45) is 0 Å². The Bertz CT molecular complexity index is 1830. The number of benzene rings is 2. The third-order valence-electron chi connectivity index (χ3n) is 11.6. The van der Waals surface area contributed by atoms with Crippen molar-refractivity contribution < 1.29 is 33.4 Å². The van der Waals surface area contributed by atoms with E-state index in [0.29, 0.717) is 54.9 Å². The van der Waals surface area contributed by atoms with E-state index in [1.165, 1.54) is 62.3 Å². The number of rotatable bonds is 19. The minimum absolute atomic E-state index is 0.133. The summed E-state index contributed by atoms with van der Waals surface area (Å²) in [4.78, 5) is 48.2. The average molecular weight is 773 g/mol. The molecule has 0 radical (unpaired) electrons. The molecule has 3 aliphatic rings. The van der Waals surface area contributed by atoms with Crippen LogP contribution in [0.1, 0.15) is 151 Å². The Balaban J connectivity index is 1.13. The highest BCUT2D eigenvalue weighted by molar-refractivity contribution is 6.02. The molecule has 0 bridgehead atoms. The van der Waals surface area contributed by atoms with Crippen molar-refractivity contribution in [2.45, 2.75) is 161 Å². The zero-order valence-corrected chi connectivity index (χ0v) is 33.9. The van der Waals surface area contributed by atoms with Crippen LogP contribution in [-0.2, 0) is 34.6 Å². The number of imidazole rings is 1. The maximum Gasteiger partial charge on any atom is 0.410 e. The molecular weight excluding hydrogens is 712 g/mol. The van der Waals surface area contributed by atoms with Gasteiger partial charge in [0.15, 0.2) is 5.54 Å². The van der Waals surface area contributed by atoms with E-state index in [9.17, 15) is 19.5 Å². The molecule has 2 aromatic carbocycles. The van der Waals surface area contributed by atoms with E-state index >= 15 is 4.39 Å². The minimum Gasteiger partial charge on any atom is -0.489 e. The van der Waals surface area contributed by atoms with Crippen LogP contribution < -0.4 is 4.74 Å². The van der Waals surface area contributed by atoms with Crippen LogP contribution in [-0.4, -0.2) is 67.2 Å². The van der Waals surface area contributed by atoms with Gasteiger partial charge in [-0.2, -0.15) is 0 Å². The molecule has 3 aliphatic heterocycles. The number of halogens is 1. The average Bonchev–Trinajstić information content (AvgIpc) is 3.96. The van der Waals surface area contributed by atoms with Crippen molar-refractivity contribution >= 4 is 18.0 Å². The summed E-state index contributed by atoms with van der Waals surface area (Å²) in [6.45, 7) is 9.35. The van der Waals surface area contributed by atoms with Gasteiger partial charge in [0.05, 0.1) is 25.1 Å². The first-order chi connectivity index (χ1) is 26.9. The molecule has 0 saturated carbocycles. The molecule has 3 aromatic rings. The maximum atomic E-state index is 16.0. The molecule has 11 heteroatoms. The number of hydrogen-bond donors (Lipinski definition) is 1. The molecule has 1 unspecified atom stereocenters. The van der Waals surface area contributed by atoms with Crippen molar-refractivity contribution in [3.8, 4) is 16.9 Å². The van der Waals surface area contributed by atoms with Gasteiger partial charge in [-0.1, -0.05) is 96.1 Å². The van der Waals surface area contributed by atoms with Crippen LogP contribution in [0.5, 0.6) is 5.75 Å². The highest BCUT2D eigenvalue weighted by atomic mass is 19.1. The van der Waals surface area contributed by atoms with Crippen LogP contribution in [0.15, 0.2) is 42.7 Å². The molecule has 304 valence electrons. The van der Waals surface area contributed by atoms with E-state index in [1.54, 1.807) is 29.4 Å². The van der Waals surface area contributed by atoms with Crippen LogP contribution in [0.3, 0.4) is 0 Å². The number of carboxylic acid groups (broad SMARTS) is 1. The zero-order chi connectivity index (χ0) is 39.9. The number of aliphatic carboxylic acids is 1. The Kier molecular flexibility index (Phi) is 13.4. The molecule has 10 nitrogen and oxygen atoms in total. The summed E-state index contributed by atoms with van der Waals surface area (Å²) in [6.07, 6.45) is 17.4. The van der Waals surface area contributed by atoms with Crippen molar-refractivity contribution in [3.05, 3.63) is 71.1 Å². The number of hydrogen-bond acceptors (Lipinski definition) is 6. The number of nitrogens with zero attached hydrogens (tertiary/aromatic N) is 4. The summed E-state index contributed by atoms with van der Waals surface area (Å²) >= 11 is 0. The van der Waals surface area contributed by atoms with Gasteiger partial charge < -0.3 is 28.9 Å². The first kappa shape index (κ1) is 41.2. The van der Waals surface area contributed by atoms with E-state index in [2.05, 4.69) is 11.9 Å². The van der Waals surface area contributed by atoms with E-state index in [4.69, 9.17) is 9.47 Å². The first-order valence-electron chi connectivity index (χ1n) is 21.1. The number of ether oxygens (including phenoxy) is 2. The molecule has 56 heavy (non-hydrogen) atoms. The van der Waals surface area contributed by atoms with Crippen molar-refractivity contribution in [3.63, 3.8) is 0 Å². The molecule has 1 aromatic heterocycles. The Labute approximate surface area is 331 Å². The molecule has 4 heterocycles. The summed E-state index contributed by atoms with van der Waals surface area (Å²) in [5.74, 6) is -1.53. The lowest BCUT2D eigenvalue weighted by atomic mass is 9.84. The normalized spacial score (nSPS) is 17.6. The molecule has 1 fully saturated rings. The van der Waals surface area contributed by atoms with Crippen LogP contribution in [0, 0.1) is 5.82 Å². The summed E-state index contributed by atoms with van der Waals surface area (Å²) in [5, 5.41) is 11.1. The van der Waals surface area contributed by atoms with Gasteiger partial charge in [0, 0.05) is 36.3 Å². The molecule has 6 rings (SSSR count). The number of unbranched alkanes of at least 4 members (excludes halogenated alkanes) is 11. The molecule has 0 aliphatic carbocycles. The third kappa shape index (κ3) is 9.40. The maximum absolute atomic E-state index is 16.0. The predicted octanol–water partition coefficient (Wildman–Crippen LogP) is 10.1. The monoisotopic (exact) mass is 772 g/mol. The SMILES string of the molecule is CCCCCCCCCCCCCCC(C(=O)O)(c1ncn2c1CCC2)N1Cc2c(F)cc(-c3ccc(O[C@H]4CCN(C(=O)OC(C)(C)C)C4)cc3)cc2C1=O. The van der Waals surface area contributed by atoms with Gasteiger partial charge in [0.1, 0.15) is 23.3 Å². The summed E-state index contributed by atoms with van der Waals surface area (Å²) < 4.78 is 29.7. The Morgan fingerprint density at radius 3 is 2.21 bits per heavy atom. The van der Waals surface area contributed by atoms with Crippen LogP contribution in [0.4, 0.5) is 9.18 Å². The van der Waals surface area contributed by atoms with Crippen molar-refractivity contribution in [2.75, 3.05) is 13.1 Å². The van der Waals surface area contributed by atoms with Crippen LogP contribution in [0.2, 0.25) is 0 Å². The second-order valence-electron chi connectivity index (χ2n) is 17.0. The first-order valence-corrected chi connectivity index (χ1v) is 21.1. The molecule has 1 N–H and O–H groups in total. The van der Waals surface area contributed by atoms with Gasteiger partial charge in [-0.05, 0) is 75.4 Å². The fraction of sp³-hybridized carbons (Fsp3) is 0.600. The Morgan fingerprint density at radius 2 is 1.57 bits per heavy atom. The van der Waals surface area contributed by atoms with Gasteiger partial charge >= 0.3 is 12.1 Å². The fourth-order valence-electron chi connectivity index (χ4n) is 8.62. The van der Waals surface area contributed by atoms with E-state index in [1.807, 2.05) is 37.5 Å².